The molecule has 7 heteroatoms. The molecule has 0 saturated carbocycles. The SMILES string of the molecule is Cc1nn(C)c(=O)c(C(=O)NCC(C)(O)CN(C)C)c1C. The lowest BCUT2D eigenvalue weighted by Gasteiger charge is -2.27. The van der Waals surface area contributed by atoms with Crippen LogP contribution in [0.1, 0.15) is 28.5 Å². The van der Waals surface area contributed by atoms with Crippen LogP contribution in [0, 0.1) is 13.8 Å². The van der Waals surface area contributed by atoms with Gasteiger partial charge in [0.05, 0.1) is 11.3 Å². The normalized spacial score (nSPS) is 14.1. The summed E-state index contributed by atoms with van der Waals surface area (Å²) in [6.07, 6.45) is 0. The maximum Gasteiger partial charge on any atom is 0.279 e. The summed E-state index contributed by atoms with van der Waals surface area (Å²) in [4.78, 5) is 26.1. The highest BCUT2D eigenvalue weighted by Gasteiger charge is 2.24. The number of carbonyl (C=O) groups is 1. The van der Waals surface area contributed by atoms with Gasteiger partial charge in [0.2, 0.25) is 0 Å². The van der Waals surface area contributed by atoms with Crippen LogP contribution in [-0.2, 0) is 7.05 Å². The average Bonchev–Trinajstić information content (AvgIpc) is 2.33. The monoisotopic (exact) mass is 296 g/mol. The molecule has 1 aromatic rings. The van der Waals surface area contributed by atoms with Gasteiger partial charge in [-0.15, -0.1) is 0 Å². The molecular formula is C14H24N4O3. The minimum Gasteiger partial charge on any atom is -0.387 e. The second kappa shape index (κ2) is 6.36. The lowest BCUT2D eigenvalue weighted by Crippen LogP contribution is -2.48. The highest BCUT2D eigenvalue weighted by atomic mass is 16.3. The van der Waals surface area contributed by atoms with Crippen molar-refractivity contribution < 1.29 is 9.90 Å². The number of aliphatic hydroxyl groups is 1. The zero-order valence-corrected chi connectivity index (χ0v) is 13.5. The number of carbonyl (C=O) groups excluding carboxylic acids is 1. The van der Waals surface area contributed by atoms with E-state index in [1.807, 2.05) is 19.0 Å². The van der Waals surface area contributed by atoms with Crippen molar-refractivity contribution in [2.24, 2.45) is 7.05 Å². The van der Waals surface area contributed by atoms with Crippen molar-refractivity contribution in [3.63, 3.8) is 0 Å². The number of hydrogen-bond donors (Lipinski definition) is 2. The molecule has 1 atom stereocenters. The van der Waals surface area contributed by atoms with Gasteiger partial charge in [0.15, 0.2) is 0 Å². The Kier molecular flexibility index (Phi) is 5.25. The summed E-state index contributed by atoms with van der Waals surface area (Å²) in [5.74, 6) is -0.488. The number of likely N-dealkylation sites (N-methyl/N-ethyl adjacent to an activating group) is 1. The zero-order chi connectivity index (χ0) is 16.4. The van der Waals surface area contributed by atoms with Crippen molar-refractivity contribution in [1.82, 2.24) is 20.0 Å². The molecule has 0 aliphatic heterocycles. The minimum atomic E-state index is -1.07. The molecule has 1 heterocycles. The molecule has 0 aliphatic carbocycles. The number of rotatable bonds is 5. The summed E-state index contributed by atoms with van der Waals surface area (Å²) in [6, 6.07) is 0. The third kappa shape index (κ3) is 4.37. The third-order valence-electron chi connectivity index (χ3n) is 3.24. The number of aryl methyl sites for hydroxylation is 2. The van der Waals surface area contributed by atoms with E-state index < -0.39 is 17.1 Å². The van der Waals surface area contributed by atoms with Crippen LogP contribution in [0.15, 0.2) is 4.79 Å². The molecule has 118 valence electrons. The molecule has 1 amide bonds. The summed E-state index contributed by atoms with van der Waals surface area (Å²) >= 11 is 0. The molecule has 0 saturated heterocycles. The molecule has 2 N–H and O–H groups in total. The average molecular weight is 296 g/mol. The molecular weight excluding hydrogens is 272 g/mol. The van der Waals surface area contributed by atoms with Gasteiger partial charge in [-0.3, -0.25) is 9.59 Å². The van der Waals surface area contributed by atoms with Gasteiger partial charge in [0.1, 0.15) is 5.56 Å². The zero-order valence-electron chi connectivity index (χ0n) is 13.5. The molecule has 0 spiro atoms. The van der Waals surface area contributed by atoms with E-state index in [2.05, 4.69) is 10.4 Å². The van der Waals surface area contributed by atoms with Crippen molar-refractivity contribution in [2.45, 2.75) is 26.4 Å². The van der Waals surface area contributed by atoms with E-state index in [0.717, 1.165) is 4.68 Å². The van der Waals surface area contributed by atoms with Crippen LogP contribution >= 0.6 is 0 Å². The van der Waals surface area contributed by atoms with Crippen LogP contribution in [-0.4, -0.2) is 58.5 Å². The molecule has 21 heavy (non-hydrogen) atoms. The van der Waals surface area contributed by atoms with Crippen molar-refractivity contribution in [3.8, 4) is 0 Å². The first-order valence-corrected chi connectivity index (χ1v) is 6.75. The van der Waals surface area contributed by atoms with Crippen molar-refractivity contribution in [2.75, 3.05) is 27.2 Å². The maximum atomic E-state index is 12.2. The summed E-state index contributed by atoms with van der Waals surface area (Å²) in [5, 5.41) is 16.8. The van der Waals surface area contributed by atoms with Gasteiger partial charge in [-0.25, -0.2) is 4.68 Å². The minimum absolute atomic E-state index is 0.0635. The van der Waals surface area contributed by atoms with Crippen LogP contribution < -0.4 is 10.9 Å². The van der Waals surface area contributed by atoms with Gasteiger partial charge < -0.3 is 15.3 Å². The molecule has 0 bridgehead atoms. The standard InChI is InChI=1S/C14H24N4O3/c1-9-10(2)16-18(6)13(20)11(9)12(19)15-7-14(3,21)8-17(4)5/h21H,7-8H2,1-6H3,(H,15,19). The van der Waals surface area contributed by atoms with E-state index in [9.17, 15) is 14.7 Å². The van der Waals surface area contributed by atoms with E-state index in [1.54, 1.807) is 20.8 Å². The lowest BCUT2D eigenvalue weighted by molar-refractivity contribution is 0.0325. The summed E-state index contributed by atoms with van der Waals surface area (Å²) in [7, 11) is 5.18. The second-order valence-electron chi connectivity index (χ2n) is 5.93. The van der Waals surface area contributed by atoms with Crippen LogP contribution in [0.25, 0.3) is 0 Å². The van der Waals surface area contributed by atoms with Crippen molar-refractivity contribution >= 4 is 5.91 Å². The smallest absolute Gasteiger partial charge is 0.279 e. The van der Waals surface area contributed by atoms with Gasteiger partial charge in [0.25, 0.3) is 11.5 Å². The van der Waals surface area contributed by atoms with E-state index in [4.69, 9.17) is 0 Å². The summed E-state index contributed by atoms with van der Waals surface area (Å²) in [6.45, 7) is 5.54. The van der Waals surface area contributed by atoms with Crippen LogP contribution in [0.3, 0.4) is 0 Å². The van der Waals surface area contributed by atoms with Crippen LogP contribution in [0.4, 0.5) is 0 Å². The highest BCUT2D eigenvalue weighted by Crippen LogP contribution is 2.07. The van der Waals surface area contributed by atoms with Gasteiger partial charge in [-0.2, -0.15) is 5.10 Å². The first-order valence-electron chi connectivity index (χ1n) is 6.75. The Morgan fingerprint density at radius 1 is 1.43 bits per heavy atom. The number of nitrogens with one attached hydrogen (secondary N) is 1. The van der Waals surface area contributed by atoms with E-state index in [1.165, 1.54) is 7.05 Å². The molecule has 0 fully saturated rings. The van der Waals surface area contributed by atoms with Crippen LogP contribution in [0.2, 0.25) is 0 Å². The Bertz CT molecular complexity index is 591. The molecule has 1 unspecified atom stereocenters. The fraction of sp³-hybridized carbons (Fsp3) is 0.643. The number of hydrogen-bond acceptors (Lipinski definition) is 5. The lowest BCUT2D eigenvalue weighted by atomic mass is 10.1. The largest absolute Gasteiger partial charge is 0.387 e. The fourth-order valence-corrected chi connectivity index (χ4v) is 2.21. The number of aromatic nitrogens is 2. The Balaban J connectivity index is 2.94. The van der Waals surface area contributed by atoms with Gasteiger partial charge in [-0.1, -0.05) is 0 Å². The third-order valence-corrected chi connectivity index (χ3v) is 3.24. The van der Waals surface area contributed by atoms with Crippen LogP contribution in [0.5, 0.6) is 0 Å². The van der Waals surface area contributed by atoms with Gasteiger partial charge in [0, 0.05) is 20.1 Å². The summed E-state index contributed by atoms with van der Waals surface area (Å²) in [5.41, 5.74) is -0.251. The van der Waals surface area contributed by atoms with E-state index in [-0.39, 0.29) is 12.1 Å². The van der Waals surface area contributed by atoms with E-state index >= 15 is 0 Å². The van der Waals surface area contributed by atoms with Gasteiger partial charge >= 0.3 is 0 Å². The summed E-state index contributed by atoms with van der Waals surface area (Å²) < 4.78 is 1.15. The maximum absolute atomic E-state index is 12.2. The molecule has 0 aromatic carbocycles. The number of nitrogens with zero attached hydrogens (tertiary/aromatic N) is 3. The van der Waals surface area contributed by atoms with Gasteiger partial charge in [-0.05, 0) is 40.4 Å². The Labute approximate surface area is 124 Å². The molecule has 7 nitrogen and oxygen atoms in total. The first kappa shape index (κ1) is 17.3. The van der Waals surface area contributed by atoms with Crippen molar-refractivity contribution in [1.29, 1.82) is 0 Å². The Hall–Kier alpha value is -1.73. The number of amides is 1. The quantitative estimate of drug-likeness (QED) is 0.760. The Morgan fingerprint density at radius 2 is 2.00 bits per heavy atom. The fourth-order valence-electron chi connectivity index (χ4n) is 2.21. The highest BCUT2D eigenvalue weighted by molar-refractivity contribution is 5.95. The predicted octanol–water partition coefficient (Wildman–Crippen LogP) is -0.560. The molecule has 1 rings (SSSR count). The molecule has 1 aromatic heterocycles. The molecule has 0 radical (unpaired) electrons. The first-order chi connectivity index (χ1) is 9.55. The van der Waals surface area contributed by atoms with E-state index in [0.29, 0.717) is 17.8 Å². The predicted molar refractivity (Wildman–Crippen MR) is 80.5 cm³/mol. The second-order valence-corrected chi connectivity index (χ2v) is 5.93. The topological polar surface area (TPSA) is 87.5 Å². The van der Waals surface area contributed by atoms with Crippen molar-refractivity contribution in [3.05, 3.63) is 27.2 Å². The molecule has 0 aliphatic rings. The Morgan fingerprint density at radius 3 is 2.52 bits per heavy atom.